The molecule has 2 N–H and O–H groups in total. The number of furan rings is 1. The van der Waals surface area contributed by atoms with Gasteiger partial charge >= 0.3 is 0 Å². The second kappa shape index (κ2) is 4.19. The quantitative estimate of drug-likeness (QED) is 0.745. The molecule has 2 heterocycles. The van der Waals surface area contributed by atoms with Gasteiger partial charge in [0.2, 0.25) is 0 Å². The van der Waals surface area contributed by atoms with Gasteiger partial charge < -0.3 is 9.73 Å². The fourth-order valence-electron chi connectivity index (χ4n) is 1.65. The van der Waals surface area contributed by atoms with Crippen molar-refractivity contribution in [2.24, 2.45) is 0 Å². The Balaban J connectivity index is 1.85. The van der Waals surface area contributed by atoms with E-state index in [9.17, 15) is 4.79 Å². The molecule has 0 aliphatic rings. The number of aromatic amines is 1. The first-order valence-electron chi connectivity index (χ1n) is 5.22. The number of anilines is 1. The minimum atomic E-state index is -0.343. The van der Waals surface area contributed by atoms with Crippen molar-refractivity contribution in [1.29, 1.82) is 0 Å². The Morgan fingerprint density at radius 2 is 2.22 bits per heavy atom. The average molecular weight is 262 g/mol. The summed E-state index contributed by atoms with van der Waals surface area (Å²) in [5.41, 5.74) is 1.58. The maximum atomic E-state index is 11.8. The van der Waals surface area contributed by atoms with Gasteiger partial charge in [-0.15, -0.1) is 0 Å². The van der Waals surface area contributed by atoms with Gasteiger partial charge in [0, 0.05) is 11.1 Å². The summed E-state index contributed by atoms with van der Waals surface area (Å²) in [6, 6.07) is 8.49. The van der Waals surface area contributed by atoms with Crippen LogP contribution < -0.4 is 5.32 Å². The number of halogens is 1. The molecule has 0 radical (unpaired) electrons. The highest BCUT2D eigenvalue weighted by Gasteiger charge is 2.11. The second-order valence-corrected chi connectivity index (χ2v) is 4.10. The summed E-state index contributed by atoms with van der Waals surface area (Å²) in [5, 5.41) is 10.6. The van der Waals surface area contributed by atoms with Crippen LogP contribution in [-0.4, -0.2) is 16.1 Å². The molecule has 0 aliphatic carbocycles. The number of carbonyl (C=O) groups is 1. The largest absolute Gasteiger partial charge is 0.440 e. The van der Waals surface area contributed by atoms with Gasteiger partial charge in [0.25, 0.3) is 5.91 Å². The third kappa shape index (κ3) is 1.96. The first-order valence-corrected chi connectivity index (χ1v) is 5.60. The van der Waals surface area contributed by atoms with Gasteiger partial charge in [-0.3, -0.25) is 9.89 Å². The predicted octanol–water partition coefficient (Wildman–Crippen LogP) is 3.06. The molecule has 0 aliphatic heterocycles. The smallest absolute Gasteiger partial charge is 0.291 e. The highest BCUT2D eigenvalue weighted by molar-refractivity contribution is 6.29. The number of nitrogens with zero attached hydrogens (tertiary/aromatic N) is 1. The van der Waals surface area contributed by atoms with Crippen molar-refractivity contribution < 1.29 is 9.21 Å². The zero-order chi connectivity index (χ0) is 12.5. The van der Waals surface area contributed by atoms with Crippen LogP contribution in [0.2, 0.25) is 5.22 Å². The topological polar surface area (TPSA) is 70.9 Å². The van der Waals surface area contributed by atoms with E-state index in [1.54, 1.807) is 12.3 Å². The fraction of sp³-hybridized carbons (Fsp3) is 0. The van der Waals surface area contributed by atoms with Crippen molar-refractivity contribution in [3.8, 4) is 0 Å². The van der Waals surface area contributed by atoms with Gasteiger partial charge in [0.05, 0.1) is 11.7 Å². The maximum Gasteiger partial charge on any atom is 0.291 e. The fourth-order valence-corrected chi connectivity index (χ4v) is 1.80. The molecule has 2 aromatic heterocycles. The van der Waals surface area contributed by atoms with Crippen molar-refractivity contribution in [3.05, 3.63) is 47.5 Å². The molecule has 0 spiro atoms. The summed E-state index contributed by atoms with van der Waals surface area (Å²) in [6.07, 6.45) is 1.69. The van der Waals surface area contributed by atoms with Gasteiger partial charge in [-0.2, -0.15) is 5.10 Å². The molecule has 0 bridgehead atoms. The third-order valence-corrected chi connectivity index (χ3v) is 2.70. The van der Waals surface area contributed by atoms with E-state index in [0.717, 1.165) is 10.9 Å². The van der Waals surface area contributed by atoms with Crippen LogP contribution in [0.4, 0.5) is 5.69 Å². The molecule has 0 fully saturated rings. The van der Waals surface area contributed by atoms with E-state index in [0.29, 0.717) is 5.69 Å². The Kier molecular flexibility index (Phi) is 2.53. The van der Waals surface area contributed by atoms with Crippen molar-refractivity contribution in [2.75, 3.05) is 5.32 Å². The van der Waals surface area contributed by atoms with Crippen molar-refractivity contribution in [2.45, 2.75) is 0 Å². The number of H-pyrrole nitrogens is 1. The van der Waals surface area contributed by atoms with Gasteiger partial charge in [-0.25, -0.2) is 0 Å². The molecule has 1 aromatic carbocycles. The Bertz CT molecular complexity index is 717. The third-order valence-electron chi connectivity index (χ3n) is 2.50. The number of aromatic nitrogens is 2. The monoisotopic (exact) mass is 261 g/mol. The molecule has 6 heteroatoms. The maximum absolute atomic E-state index is 11.8. The standard InChI is InChI=1S/C12H8ClN3O2/c13-11-4-3-10(18-11)12(17)15-8-1-2-9-7(5-8)6-14-16-9/h1-6H,(H,14,16)(H,15,17). The van der Waals surface area contributed by atoms with Crippen LogP contribution in [0.15, 0.2) is 40.9 Å². The number of rotatable bonds is 2. The lowest BCUT2D eigenvalue weighted by atomic mass is 10.2. The molecule has 0 atom stereocenters. The highest BCUT2D eigenvalue weighted by atomic mass is 35.5. The molecular formula is C12H8ClN3O2. The minimum Gasteiger partial charge on any atom is -0.440 e. The Morgan fingerprint density at radius 1 is 1.33 bits per heavy atom. The number of hydrogen-bond donors (Lipinski definition) is 2. The summed E-state index contributed by atoms with van der Waals surface area (Å²) >= 11 is 5.61. The highest BCUT2D eigenvalue weighted by Crippen LogP contribution is 2.19. The Labute approximate surface area is 107 Å². The van der Waals surface area contributed by atoms with Crippen LogP contribution >= 0.6 is 11.6 Å². The molecule has 3 rings (SSSR count). The van der Waals surface area contributed by atoms with Crippen LogP contribution in [0.1, 0.15) is 10.6 Å². The van der Waals surface area contributed by atoms with Crippen LogP contribution in [0.25, 0.3) is 10.9 Å². The lowest BCUT2D eigenvalue weighted by Gasteiger charge is -2.02. The summed E-state index contributed by atoms with van der Waals surface area (Å²) in [6.45, 7) is 0. The van der Waals surface area contributed by atoms with E-state index >= 15 is 0 Å². The average Bonchev–Trinajstić information content (AvgIpc) is 2.96. The Morgan fingerprint density at radius 3 is 3.00 bits per heavy atom. The normalized spacial score (nSPS) is 10.7. The molecule has 90 valence electrons. The number of benzene rings is 1. The van der Waals surface area contributed by atoms with E-state index in [1.807, 2.05) is 12.1 Å². The SMILES string of the molecule is O=C(Nc1ccc2[nH]ncc2c1)c1ccc(Cl)o1. The number of carbonyl (C=O) groups excluding carboxylic acids is 1. The summed E-state index contributed by atoms with van der Waals surface area (Å²) in [5.74, 6) is -0.169. The number of hydrogen-bond acceptors (Lipinski definition) is 3. The molecular weight excluding hydrogens is 254 g/mol. The van der Waals surface area contributed by atoms with Crippen LogP contribution in [0, 0.1) is 0 Å². The first kappa shape index (κ1) is 10.9. The van der Waals surface area contributed by atoms with E-state index in [2.05, 4.69) is 15.5 Å². The van der Waals surface area contributed by atoms with Crippen LogP contribution in [0.5, 0.6) is 0 Å². The predicted molar refractivity (Wildman–Crippen MR) is 67.8 cm³/mol. The van der Waals surface area contributed by atoms with Crippen molar-refractivity contribution in [1.82, 2.24) is 10.2 Å². The van der Waals surface area contributed by atoms with Gasteiger partial charge in [0.1, 0.15) is 0 Å². The first-order chi connectivity index (χ1) is 8.72. The van der Waals surface area contributed by atoms with E-state index in [4.69, 9.17) is 16.0 Å². The van der Waals surface area contributed by atoms with Crippen LogP contribution in [0.3, 0.4) is 0 Å². The molecule has 0 unspecified atom stereocenters. The van der Waals surface area contributed by atoms with E-state index < -0.39 is 0 Å². The molecule has 0 saturated carbocycles. The Hall–Kier alpha value is -2.27. The summed E-state index contributed by atoms with van der Waals surface area (Å²) in [4.78, 5) is 11.8. The van der Waals surface area contributed by atoms with E-state index in [-0.39, 0.29) is 16.9 Å². The van der Waals surface area contributed by atoms with Crippen molar-refractivity contribution in [3.63, 3.8) is 0 Å². The van der Waals surface area contributed by atoms with Gasteiger partial charge in [-0.1, -0.05) is 0 Å². The molecule has 3 aromatic rings. The van der Waals surface area contributed by atoms with Gasteiger partial charge in [-0.05, 0) is 41.9 Å². The lowest BCUT2D eigenvalue weighted by Crippen LogP contribution is -2.10. The number of fused-ring (bicyclic) bond motifs is 1. The van der Waals surface area contributed by atoms with Crippen molar-refractivity contribution >= 4 is 34.1 Å². The summed E-state index contributed by atoms with van der Waals surface area (Å²) < 4.78 is 5.02. The van der Waals surface area contributed by atoms with E-state index in [1.165, 1.54) is 12.1 Å². The van der Waals surface area contributed by atoms with Gasteiger partial charge in [0.15, 0.2) is 11.0 Å². The number of amides is 1. The molecule has 5 nitrogen and oxygen atoms in total. The molecule has 1 amide bonds. The minimum absolute atomic E-state index is 0.173. The number of nitrogens with one attached hydrogen (secondary N) is 2. The van der Waals surface area contributed by atoms with Crippen LogP contribution in [-0.2, 0) is 0 Å². The zero-order valence-corrected chi connectivity index (χ0v) is 9.86. The molecule has 18 heavy (non-hydrogen) atoms. The lowest BCUT2D eigenvalue weighted by molar-refractivity contribution is 0.0997. The second-order valence-electron chi connectivity index (χ2n) is 3.73. The molecule has 0 saturated heterocycles. The zero-order valence-electron chi connectivity index (χ0n) is 9.11. The summed E-state index contributed by atoms with van der Waals surface area (Å²) in [7, 11) is 0.